The predicted molar refractivity (Wildman–Crippen MR) is 86.2 cm³/mol. The van der Waals surface area contributed by atoms with Crippen LogP contribution in [-0.2, 0) is 6.42 Å². The zero-order chi connectivity index (χ0) is 15.1. The first-order valence-electron chi connectivity index (χ1n) is 7.44. The number of benzene rings is 2. The molecule has 0 spiro atoms. The lowest BCUT2D eigenvalue weighted by Crippen LogP contribution is -2.03. The Morgan fingerprint density at radius 1 is 1.00 bits per heavy atom. The summed E-state index contributed by atoms with van der Waals surface area (Å²) in [6, 6.07) is 13.9. The van der Waals surface area contributed by atoms with E-state index in [2.05, 4.69) is 19.1 Å². The van der Waals surface area contributed by atoms with Crippen molar-refractivity contribution in [3.63, 3.8) is 0 Å². The average molecular weight is 285 g/mol. The first kappa shape index (κ1) is 15.4. The van der Waals surface area contributed by atoms with E-state index in [0.29, 0.717) is 13.2 Å². The van der Waals surface area contributed by atoms with Crippen LogP contribution in [0.5, 0.6) is 17.2 Å². The van der Waals surface area contributed by atoms with Gasteiger partial charge in [0.05, 0.1) is 6.61 Å². The van der Waals surface area contributed by atoms with E-state index in [1.807, 2.05) is 37.3 Å². The van der Waals surface area contributed by atoms with E-state index in [0.717, 1.165) is 35.7 Å². The molecule has 2 aromatic rings. The van der Waals surface area contributed by atoms with Crippen LogP contribution in [0.3, 0.4) is 0 Å². The molecule has 2 aromatic carbocycles. The molecule has 3 heteroatoms. The van der Waals surface area contributed by atoms with Crippen molar-refractivity contribution in [2.75, 3.05) is 13.2 Å². The maximum Gasteiger partial charge on any atom is 0.169 e. The van der Waals surface area contributed by atoms with Gasteiger partial charge in [-0.15, -0.1) is 0 Å². The van der Waals surface area contributed by atoms with Crippen molar-refractivity contribution >= 4 is 0 Å². The normalized spacial score (nSPS) is 10.4. The number of ether oxygens (including phenoxy) is 2. The predicted octanol–water partition coefficient (Wildman–Crippen LogP) is 4.08. The second-order valence-corrected chi connectivity index (χ2v) is 5.04. The number of para-hydroxylation sites is 2. The first-order valence-corrected chi connectivity index (χ1v) is 7.44. The monoisotopic (exact) mass is 285 g/mol. The molecule has 0 bridgehead atoms. The average Bonchev–Trinajstić information content (AvgIpc) is 2.49. The Hall–Kier alpha value is -2.00. The summed E-state index contributed by atoms with van der Waals surface area (Å²) in [5.74, 6) is 2.38. The van der Waals surface area contributed by atoms with Crippen LogP contribution in [0.15, 0.2) is 42.5 Å². The van der Waals surface area contributed by atoms with Gasteiger partial charge in [-0.1, -0.05) is 31.2 Å². The molecule has 0 radical (unpaired) electrons. The lowest BCUT2D eigenvalue weighted by molar-refractivity contribution is 0.302. The molecule has 0 aliphatic rings. The SMILES string of the molecule is CCCOc1ccccc1Oc1ccc(CCN)cc1C. The Bertz CT molecular complexity index is 581. The Balaban J connectivity index is 2.18. The number of aryl methyl sites for hydroxylation is 1. The summed E-state index contributed by atoms with van der Waals surface area (Å²) in [6.07, 6.45) is 1.86. The third-order valence-corrected chi connectivity index (χ3v) is 3.20. The summed E-state index contributed by atoms with van der Waals surface area (Å²) in [7, 11) is 0. The van der Waals surface area contributed by atoms with Gasteiger partial charge in [-0.05, 0) is 55.6 Å². The fourth-order valence-corrected chi connectivity index (χ4v) is 2.13. The second-order valence-electron chi connectivity index (χ2n) is 5.04. The third kappa shape index (κ3) is 4.23. The standard InChI is InChI=1S/C18H23NO2/c1-3-12-20-17-6-4-5-7-18(17)21-16-9-8-15(10-11-19)13-14(16)2/h4-9,13H,3,10-12,19H2,1-2H3. The van der Waals surface area contributed by atoms with E-state index in [4.69, 9.17) is 15.2 Å². The fourth-order valence-electron chi connectivity index (χ4n) is 2.13. The molecule has 0 amide bonds. The lowest BCUT2D eigenvalue weighted by atomic mass is 10.1. The molecule has 0 unspecified atom stereocenters. The van der Waals surface area contributed by atoms with Crippen LogP contribution in [0.4, 0.5) is 0 Å². The Morgan fingerprint density at radius 2 is 1.76 bits per heavy atom. The Kier molecular flexibility index (Phi) is 5.64. The van der Waals surface area contributed by atoms with E-state index >= 15 is 0 Å². The van der Waals surface area contributed by atoms with Gasteiger partial charge < -0.3 is 15.2 Å². The molecule has 21 heavy (non-hydrogen) atoms. The molecule has 3 nitrogen and oxygen atoms in total. The van der Waals surface area contributed by atoms with Crippen molar-refractivity contribution in [1.82, 2.24) is 0 Å². The van der Waals surface area contributed by atoms with E-state index in [1.54, 1.807) is 0 Å². The highest BCUT2D eigenvalue weighted by Crippen LogP contribution is 2.33. The Morgan fingerprint density at radius 3 is 2.43 bits per heavy atom. The van der Waals surface area contributed by atoms with Crippen molar-refractivity contribution < 1.29 is 9.47 Å². The number of hydrogen-bond acceptors (Lipinski definition) is 3. The highest BCUT2D eigenvalue weighted by molar-refractivity contribution is 5.45. The molecule has 2 N–H and O–H groups in total. The van der Waals surface area contributed by atoms with E-state index in [-0.39, 0.29) is 0 Å². The van der Waals surface area contributed by atoms with E-state index in [1.165, 1.54) is 5.56 Å². The van der Waals surface area contributed by atoms with E-state index in [9.17, 15) is 0 Å². The van der Waals surface area contributed by atoms with Crippen LogP contribution < -0.4 is 15.2 Å². The quantitative estimate of drug-likeness (QED) is 0.833. The molecule has 0 heterocycles. The first-order chi connectivity index (χ1) is 10.2. The lowest BCUT2D eigenvalue weighted by Gasteiger charge is -2.14. The van der Waals surface area contributed by atoms with Crippen molar-refractivity contribution in [3.8, 4) is 17.2 Å². The van der Waals surface area contributed by atoms with Crippen LogP contribution in [0.25, 0.3) is 0 Å². The van der Waals surface area contributed by atoms with Crippen molar-refractivity contribution in [3.05, 3.63) is 53.6 Å². The maximum absolute atomic E-state index is 6.01. The second kappa shape index (κ2) is 7.70. The van der Waals surface area contributed by atoms with Gasteiger partial charge in [0.1, 0.15) is 5.75 Å². The number of nitrogens with two attached hydrogens (primary N) is 1. The van der Waals surface area contributed by atoms with Crippen LogP contribution in [0.2, 0.25) is 0 Å². The summed E-state index contributed by atoms with van der Waals surface area (Å²) >= 11 is 0. The minimum absolute atomic E-state index is 0.660. The Labute approximate surface area is 126 Å². The number of hydrogen-bond donors (Lipinski definition) is 1. The fraction of sp³-hybridized carbons (Fsp3) is 0.333. The van der Waals surface area contributed by atoms with Gasteiger partial charge in [-0.2, -0.15) is 0 Å². The molecule has 112 valence electrons. The zero-order valence-electron chi connectivity index (χ0n) is 12.8. The highest BCUT2D eigenvalue weighted by atomic mass is 16.5. The minimum atomic E-state index is 0.660. The molecule has 0 aliphatic heterocycles. The third-order valence-electron chi connectivity index (χ3n) is 3.20. The van der Waals surface area contributed by atoms with Gasteiger partial charge in [0.2, 0.25) is 0 Å². The molecular weight excluding hydrogens is 262 g/mol. The maximum atomic E-state index is 6.01. The largest absolute Gasteiger partial charge is 0.490 e. The summed E-state index contributed by atoms with van der Waals surface area (Å²) in [5.41, 5.74) is 7.93. The van der Waals surface area contributed by atoms with Gasteiger partial charge in [0.15, 0.2) is 11.5 Å². The summed E-state index contributed by atoms with van der Waals surface area (Å²) < 4.78 is 11.7. The molecular formula is C18H23NO2. The van der Waals surface area contributed by atoms with Gasteiger partial charge in [0, 0.05) is 0 Å². The van der Waals surface area contributed by atoms with Gasteiger partial charge >= 0.3 is 0 Å². The smallest absolute Gasteiger partial charge is 0.169 e. The van der Waals surface area contributed by atoms with Gasteiger partial charge in [-0.25, -0.2) is 0 Å². The van der Waals surface area contributed by atoms with E-state index < -0.39 is 0 Å². The molecule has 0 fully saturated rings. The van der Waals surface area contributed by atoms with Crippen molar-refractivity contribution in [2.45, 2.75) is 26.7 Å². The molecule has 0 aromatic heterocycles. The molecule has 0 atom stereocenters. The van der Waals surface area contributed by atoms with Gasteiger partial charge in [0.25, 0.3) is 0 Å². The zero-order valence-corrected chi connectivity index (χ0v) is 12.8. The summed E-state index contributed by atoms with van der Waals surface area (Å²) in [6.45, 7) is 5.48. The topological polar surface area (TPSA) is 44.5 Å². The minimum Gasteiger partial charge on any atom is -0.490 e. The van der Waals surface area contributed by atoms with Crippen molar-refractivity contribution in [1.29, 1.82) is 0 Å². The van der Waals surface area contributed by atoms with Crippen LogP contribution in [-0.4, -0.2) is 13.2 Å². The highest BCUT2D eigenvalue weighted by Gasteiger charge is 2.07. The van der Waals surface area contributed by atoms with Crippen molar-refractivity contribution in [2.24, 2.45) is 5.73 Å². The summed E-state index contributed by atoms with van der Waals surface area (Å²) in [4.78, 5) is 0. The van der Waals surface area contributed by atoms with Crippen LogP contribution in [0.1, 0.15) is 24.5 Å². The summed E-state index contributed by atoms with van der Waals surface area (Å²) in [5, 5.41) is 0. The van der Waals surface area contributed by atoms with Gasteiger partial charge in [-0.3, -0.25) is 0 Å². The molecule has 0 saturated heterocycles. The molecule has 0 aliphatic carbocycles. The van der Waals surface area contributed by atoms with Crippen LogP contribution in [0, 0.1) is 6.92 Å². The number of rotatable bonds is 7. The molecule has 2 rings (SSSR count). The van der Waals surface area contributed by atoms with Crippen LogP contribution >= 0.6 is 0 Å². The molecule has 0 saturated carbocycles.